The van der Waals surface area contributed by atoms with Gasteiger partial charge in [0.15, 0.2) is 0 Å². The summed E-state index contributed by atoms with van der Waals surface area (Å²) in [6, 6.07) is 12.1. The van der Waals surface area contributed by atoms with Crippen molar-refractivity contribution in [1.82, 2.24) is 9.97 Å². The zero-order valence-electron chi connectivity index (χ0n) is 14.2. The fourth-order valence-corrected chi connectivity index (χ4v) is 3.57. The van der Waals surface area contributed by atoms with Gasteiger partial charge in [-0.2, -0.15) is 0 Å². The standard InChI is InChI=1S/C18H19BN2O2S/c1-17(2)18(3,4)23-19(22-17)13-9-7-12(8-10-13)15-21-14-6-5-11-20-16(14)24-15/h5-11H,1-4H3. The van der Waals surface area contributed by atoms with E-state index in [-0.39, 0.29) is 18.3 Å². The van der Waals surface area contributed by atoms with Crippen LogP contribution < -0.4 is 5.46 Å². The van der Waals surface area contributed by atoms with Crippen molar-refractivity contribution < 1.29 is 9.31 Å². The topological polar surface area (TPSA) is 44.2 Å². The van der Waals surface area contributed by atoms with Crippen molar-refractivity contribution in [2.24, 2.45) is 0 Å². The molecule has 0 spiro atoms. The highest BCUT2D eigenvalue weighted by Crippen LogP contribution is 2.36. The summed E-state index contributed by atoms with van der Waals surface area (Å²) in [6.07, 6.45) is 1.80. The van der Waals surface area contributed by atoms with Crippen molar-refractivity contribution in [3.63, 3.8) is 0 Å². The second-order valence-electron chi connectivity index (χ2n) is 7.06. The second-order valence-corrected chi connectivity index (χ2v) is 8.03. The van der Waals surface area contributed by atoms with Crippen LogP contribution in [0.2, 0.25) is 0 Å². The monoisotopic (exact) mass is 338 g/mol. The van der Waals surface area contributed by atoms with E-state index < -0.39 is 0 Å². The van der Waals surface area contributed by atoms with Crippen LogP contribution >= 0.6 is 11.3 Å². The van der Waals surface area contributed by atoms with Crippen LogP contribution in [0.25, 0.3) is 20.9 Å². The quantitative estimate of drug-likeness (QED) is 0.669. The van der Waals surface area contributed by atoms with Gasteiger partial charge in [-0.3, -0.25) is 0 Å². The van der Waals surface area contributed by atoms with E-state index in [2.05, 4.69) is 61.9 Å². The van der Waals surface area contributed by atoms with Gasteiger partial charge in [0, 0.05) is 11.8 Å². The van der Waals surface area contributed by atoms with Crippen LogP contribution in [-0.4, -0.2) is 28.3 Å². The maximum Gasteiger partial charge on any atom is 0.494 e. The first-order chi connectivity index (χ1) is 11.4. The number of nitrogens with zero attached hydrogens (tertiary/aromatic N) is 2. The van der Waals surface area contributed by atoms with E-state index in [1.54, 1.807) is 17.5 Å². The Kier molecular flexibility index (Phi) is 3.53. The van der Waals surface area contributed by atoms with E-state index in [1.807, 2.05) is 12.1 Å². The van der Waals surface area contributed by atoms with Gasteiger partial charge in [-0.05, 0) is 45.3 Å². The molecule has 1 aliphatic rings. The molecule has 6 heteroatoms. The number of aromatic nitrogens is 2. The molecular formula is C18H19BN2O2S. The molecule has 4 nitrogen and oxygen atoms in total. The molecule has 0 atom stereocenters. The maximum absolute atomic E-state index is 6.10. The van der Waals surface area contributed by atoms with E-state index in [0.29, 0.717) is 0 Å². The van der Waals surface area contributed by atoms with Crippen molar-refractivity contribution in [3.05, 3.63) is 42.6 Å². The number of rotatable bonds is 2. The van der Waals surface area contributed by atoms with Crippen LogP contribution in [0.4, 0.5) is 0 Å². The first kappa shape index (κ1) is 15.8. The van der Waals surface area contributed by atoms with Gasteiger partial charge in [0.1, 0.15) is 15.4 Å². The molecule has 0 saturated carbocycles. The lowest BCUT2D eigenvalue weighted by molar-refractivity contribution is 0.00578. The van der Waals surface area contributed by atoms with E-state index >= 15 is 0 Å². The molecule has 24 heavy (non-hydrogen) atoms. The molecule has 0 amide bonds. The van der Waals surface area contributed by atoms with Crippen LogP contribution in [0.15, 0.2) is 42.6 Å². The van der Waals surface area contributed by atoms with Crippen molar-refractivity contribution in [1.29, 1.82) is 0 Å². The minimum Gasteiger partial charge on any atom is -0.399 e. The van der Waals surface area contributed by atoms with Gasteiger partial charge < -0.3 is 9.31 Å². The Balaban J connectivity index is 1.61. The molecule has 0 N–H and O–H groups in total. The van der Waals surface area contributed by atoms with Crippen molar-refractivity contribution in [2.45, 2.75) is 38.9 Å². The molecule has 0 radical (unpaired) electrons. The molecule has 122 valence electrons. The van der Waals surface area contributed by atoms with Crippen LogP contribution in [-0.2, 0) is 9.31 Å². The minimum absolute atomic E-state index is 0.324. The molecule has 4 rings (SSSR count). The van der Waals surface area contributed by atoms with Crippen molar-refractivity contribution in [2.75, 3.05) is 0 Å². The van der Waals surface area contributed by atoms with Gasteiger partial charge in [-0.25, -0.2) is 9.97 Å². The Bertz CT molecular complexity index is 840. The molecule has 1 fully saturated rings. The van der Waals surface area contributed by atoms with Gasteiger partial charge >= 0.3 is 7.12 Å². The van der Waals surface area contributed by atoms with Gasteiger partial charge in [0.05, 0.1) is 11.2 Å². The van der Waals surface area contributed by atoms with Gasteiger partial charge in [-0.1, -0.05) is 35.6 Å². The molecule has 1 aromatic carbocycles. The number of pyridine rings is 1. The zero-order chi connectivity index (χ0) is 16.9. The number of fused-ring (bicyclic) bond motifs is 1. The highest BCUT2D eigenvalue weighted by molar-refractivity contribution is 7.21. The Morgan fingerprint density at radius 2 is 1.62 bits per heavy atom. The SMILES string of the molecule is CC1(C)OB(c2ccc(-c3nc4cccnc4s3)cc2)OC1(C)C. The molecule has 0 unspecified atom stereocenters. The number of benzene rings is 1. The minimum atomic E-state index is -0.332. The second kappa shape index (κ2) is 5.38. The maximum atomic E-state index is 6.10. The van der Waals surface area contributed by atoms with Gasteiger partial charge in [0.2, 0.25) is 0 Å². The van der Waals surface area contributed by atoms with E-state index in [4.69, 9.17) is 9.31 Å². The lowest BCUT2D eigenvalue weighted by atomic mass is 9.79. The highest BCUT2D eigenvalue weighted by atomic mass is 32.1. The number of hydrogen-bond acceptors (Lipinski definition) is 5. The molecular weight excluding hydrogens is 319 g/mol. The Hall–Kier alpha value is -1.76. The average molecular weight is 338 g/mol. The molecule has 0 bridgehead atoms. The van der Waals surface area contributed by atoms with Crippen LogP contribution in [0.1, 0.15) is 27.7 Å². The molecule has 2 aromatic heterocycles. The van der Waals surface area contributed by atoms with Crippen LogP contribution in [0, 0.1) is 0 Å². The summed E-state index contributed by atoms with van der Waals surface area (Å²) in [5.74, 6) is 0. The van der Waals surface area contributed by atoms with Crippen molar-refractivity contribution >= 4 is 34.3 Å². The summed E-state index contributed by atoms with van der Waals surface area (Å²) in [5, 5.41) is 0.976. The third kappa shape index (κ3) is 2.55. The Labute approximate surface area is 146 Å². The fourth-order valence-electron chi connectivity index (χ4n) is 2.66. The predicted octanol–water partition coefficient (Wildman–Crippen LogP) is 3.66. The van der Waals surface area contributed by atoms with E-state index in [0.717, 1.165) is 26.4 Å². The summed E-state index contributed by atoms with van der Waals surface area (Å²) in [5.41, 5.74) is 2.40. The normalized spacial score (nSPS) is 19.1. The third-order valence-corrected chi connectivity index (χ3v) is 5.88. The number of hydrogen-bond donors (Lipinski definition) is 0. The summed E-state index contributed by atoms with van der Waals surface area (Å²) in [6.45, 7) is 8.26. The first-order valence-electron chi connectivity index (χ1n) is 8.03. The van der Waals surface area contributed by atoms with Gasteiger partial charge in [-0.15, -0.1) is 0 Å². The molecule has 3 aromatic rings. The molecule has 3 heterocycles. The first-order valence-corrected chi connectivity index (χ1v) is 8.85. The van der Waals surface area contributed by atoms with Crippen LogP contribution in [0.3, 0.4) is 0 Å². The summed E-state index contributed by atoms with van der Waals surface area (Å²) >= 11 is 1.60. The zero-order valence-corrected chi connectivity index (χ0v) is 15.1. The summed E-state index contributed by atoms with van der Waals surface area (Å²) in [7, 11) is -0.332. The highest BCUT2D eigenvalue weighted by Gasteiger charge is 2.51. The molecule has 0 aliphatic carbocycles. The molecule has 1 saturated heterocycles. The lowest BCUT2D eigenvalue weighted by Gasteiger charge is -2.32. The largest absolute Gasteiger partial charge is 0.494 e. The fraction of sp³-hybridized carbons (Fsp3) is 0.333. The molecule has 1 aliphatic heterocycles. The predicted molar refractivity (Wildman–Crippen MR) is 98.6 cm³/mol. The van der Waals surface area contributed by atoms with E-state index in [1.165, 1.54) is 0 Å². The Morgan fingerprint density at radius 1 is 0.958 bits per heavy atom. The smallest absolute Gasteiger partial charge is 0.399 e. The van der Waals surface area contributed by atoms with Crippen molar-refractivity contribution in [3.8, 4) is 10.6 Å². The van der Waals surface area contributed by atoms with Gasteiger partial charge in [0.25, 0.3) is 0 Å². The summed E-state index contributed by atoms with van der Waals surface area (Å²) in [4.78, 5) is 9.97. The third-order valence-electron chi connectivity index (χ3n) is 4.85. The Morgan fingerprint density at radius 3 is 2.25 bits per heavy atom. The van der Waals surface area contributed by atoms with E-state index in [9.17, 15) is 0 Å². The summed E-state index contributed by atoms with van der Waals surface area (Å²) < 4.78 is 12.2. The average Bonchev–Trinajstić information content (AvgIpc) is 3.06. The lowest BCUT2D eigenvalue weighted by Crippen LogP contribution is -2.41. The number of thiazole rings is 1. The van der Waals surface area contributed by atoms with Crippen LogP contribution in [0.5, 0.6) is 0 Å².